The molecule has 0 spiro atoms. The number of unbranched alkanes of at least 4 members (excludes halogenated alkanes) is 2. The van der Waals surface area contributed by atoms with Gasteiger partial charge >= 0.3 is 0 Å². The van der Waals surface area contributed by atoms with Crippen LogP contribution in [0.5, 0.6) is 5.75 Å². The summed E-state index contributed by atoms with van der Waals surface area (Å²) >= 11 is 0. The molecule has 8 bridgehead atoms. The summed E-state index contributed by atoms with van der Waals surface area (Å²) in [7, 11) is 0. The summed E-state index contributed by atoms with van der Waals surface area (Å²) < 4.78 is 0. The fourth-order valence-corrected chi connectivity index (χ4v) is 7.09. The third-order valence-electron chi connectivity index (χ3n) is 9.94. The molecule has 0 radical (unpaired) electrons. The molecule has 0 amide bonds. The molecule has 0 atom stereocenters. The van der Waals surface area contributed by atoms with Crippen LogP contribution in [0.4, 0.5) is 0 Å². The van der Waals surface area contributed by atoms with Gasteiger partial charge in [0.1, 0.15) is 5.75 Å². The van der Waals surface area contributed by atoms with Crippen molar-refractivity contribution in [3.63, 3.8) is 0 Å². The van der Waals surface area contributed by atoms with Crippen LogP contribution in [0.2, 0.25) is 0 Å². The van der Waals surface area contributed by atoms with Crippen LogP contribution >= 0.6 is 0 Å². The lowest BCUT2D eigenvalue weighted by Crippen LogP contribution is -1.91. The van der Waals surface area contributed by atoms with E-state index in [-0.39, 0.29) is 5.75 Å². The number of aryl methyl sites for hydroxylation is 2. The molecule has 5 nitrogen and oxygen atoms in total. The zero-order chi connectivity index (χ0) is 36.1. The summed E-state index contributed by atoms with van der Waals surface area (Å²) in [6.07, 6.45) is 9.89. The lowest BCUT2D eigenvalue weighted by Gasteiger charge is -2.09. The highest BCUT2D eigenvalue weighted by atomic mass is 16.3. The zero-order valence-electron chi connectivity index (χ0n) is 30.3. The van der Waals surface area contributed by atoms with Gasteiger partial charge in [-0.05, 0) is 78.6 Å². The number of aromatic nitrogens is 4. The number of nitrogens with zero attached hydrogens (tertiary/aromatic N) is 4. The van der Waals surface area contributed by atoms with Crippen LogP contribution in [0.15, 0.2) is 140 Å². The lowest BCUT2D eigenvalue weighted by atomic mass is 10.0. The smallest absolute Gasteiger partial charge is 0.133 e. The maximum atomic E-state index is 12.0. The summed E-state index contributed by atoms with van der Waals surface area (Å²) in [5.74, 6) is 0.141. The number of phenolic OH excluding ortho intramolecular Hbond substituents is 1. The van der Waals surface area contributed by atoms with Gasteiger partial charge in [-0.3, -0.25) is 9.97 Å². The fourth-order valence-electron chi connectivity index (χ4n) is 7.09. The first-order valence-electron chi connectivity index (χ1n) is 18.7. The molecule has 3 aromatic heterocycles. The highest BCUT2D eigenvalue weighted by Gasteiger charge is 2.12. The highest BCUT2D eigenvalue weighted by Crippen LogP contribution is 2.33. The van der Waals surface area contributed by atoms with E-state index in [1.54, 1.807) is 6.20 Å². The summed E-state index contributed by atoms with van der Waals surface area (Å²) in [5.41, 5.74) is 8.90. The molecule has 53 heavy (non-hydrogen) atoms. The highest BCUT2D eigenvalue weighted by molar-refractivity contribution is 6.06. The minimum absolute atomic E-state index is 0.141. The second-order valence-corrected chi connectivity index (χ2v) is 13.8. The molecule has 5 heteroatoms. The minimum atomic E-state index is 0.141. The maximum Gasteiger partial charge on any atom is 0.133 e. The summed E-state index contributed by atoms with van der Waals surface area (Å²) in [6, 6.07) is 43.7. The van der Waals surface area contributed by atoms with Crippen molar-refractivity contribution in [3.8, 4) is 28.3 Å². The third-order valence-corrected chi connectivity index (χ3v) is 9.94. The Morgan fingerprint density at radius 1 is 0.491 bits per heavy atom. The van der Waals surface area contributed by atoms with Gasteiger partial charge in [-0.15, -0.1) is 0 Å². The molecule has 1 N–H and O–H groups in total. The SMILES string of the molecule is CCCCc1cc2cnc(-c3ccccc3)c(-c3ccccc3)ncc3cc(CCCC)cc(c3O)c3ccc4ccc5ccc(nc5c4n3)c(c1)c2. The summed E-state index contributed by atoms with van der Waals surface area (Å²) in [6.45, 7) is 4.42. The average molecular weight is 691 g/mol. The number of phenols is 1. The number of fused-ring (bicyclic) bond motifs is 8. The van der Waals surface area contributed by atoms with E-state index in [0.717, 1.165) is 99.0 Å². The molecule has 0 unspecified atom stereocenters. The Hall–Kier alpha value is -6.20. The number of rotatable bonds is 8. The monoisotopic (exact) mass is 690 g/mol. The summed E-state index contributed by atoms with van der Waals surface area (Å²) in [5, 5.41) is 17.3. The zero-order valence-corrected chi connectivity index (χ0v) is 30.3. The van der Waals surface area contributed by atoms with Gasteiger partial charge in [0.25, 0.3) is 0 Å². The second kappa shape index (κ2) is 15.2. The van der Waals surface area contributed by atoms with Crippen molar-refractivity contribution in [2.24, 2.45) is 0 Å². The van der Waals surface area contributed by atoms with Crippen molar-refractivity contribution in [1.82, 2.24) is 19.9 Å². The first-order valence-corrected chi connectivity index (χ1v) is 18.7. The standard InChI is InChI=1S/C48H42N4O/c1-3-5-13-32-25-34-28-39(26-32)42-23-21-37-19-20-38-22-24-43(52-47(38)46(37)51-42)41-29-33(14-6-4-2)27-40(48(41)53)31-50-45(36-17-11-8-12-18-36)44(49-30-34)35-15-9-7-10-16-35/h7-12,15-31,53H,3-6,13-14H2,1-2H3. The van der Waals surface area contributed by atoms with Gasteiger partial charge in [0.15, 0.2) is 0 Å². The van der Waals surface area contributed by atoms with Crippen molar-refractivity contribution < 1.29 is 5.11 Å². The van der Waals surface area contributed by atoms with E-state index in [9.17, 15) is 5.11 Å². The van der Waals surface area contributed by atoms with E-state index in [0.29, 0.717) is 22.0 Å². The van der Waals surface area contributed by atoms with Crippen LogP contribution in [0, 0.1) is 0 Å². The van der Waals surface area contributed by atoms with E-state index in [2.05, 4.69) is 98.8 Å². The Morgan fingerprint density at radius 3 is 1.64 bits per heavy atom. The quantitative estimate of drug-likeness (QED) is 0.161. The first-order chi connectivity index (χ1) is 26.1. The number of benzene rings is 5. The van der Waals surface area contributed by atoms with Gasteiger partial charge in [-0.25, -0.2) is 9.97 Å². The van der Waals surface area contributed by atoms with Crippen molar-refractivity contribution >= 4 is 54.4 Å². The molecule has 0 aliphatic carbocycles. The molecule has 0 aliphatic heterocycles. The van der Waals surface area contributed by atoms with Crippen LogP contribution in [0.25, 0.3) is 76.9 Å². The van der Waals surface area contributed by atoms with E-state index >= 15 is 0 Å². The largest absolute Gasteiger partial charge is 0.507 e. The number of aromatic hydroxyl groups is 1. The number of pyridine rings is 2. The minimum Gasteiger partial charge on any atom is -0.507 e. The Bertz CT molecular complexity index is 2710. The van der Waals surface area contributed by atoms with Crippen molar-refractivity contribution in [2.45, 2.75) is 52.4 Å². The Labute approximate surface area is 310 Å². The molecule has 0 aliphatic rings. The van der Waals surface area contributed by atoms with E-state index in [1.807, 2.05) is 48.7 Å². The third kappa shape index (κ3) is 7.16. The predicted octanol–water partition coefficient (Wildman–Crippen LogP) is 12.4. The van der Waals surface area contributed by atoms with Gasteiger partial charge in [0, 0.05) is 50.5 Å². The van der Waals surface area contributed by atoms with E-state index < -0.39 is 0 Å². The van der Waals surface area contributed by atoms with Gasteiger partial charge in [-0.2, -0.15) is 0 Å². The van der Waals surface area contributed by atoms with Gasteiger partial charge in [0.05, 0.1) is 33.5 Å². The Kier molecular flexibility index (Phi) is 9.72. The van der Waals surface area contributed by atoms with Gasteiger partial charge in [0.2, 0.25) is 0 Å². The van der Waals surface area contributed by atoms with Crippen LogP contribution in [0.3, 0.4) is 0 Å². The van der Waals surface area contributed by atoms with Crippen LogP contribution in [-0.2, 0) is 12.8 Å². The molecular formula is C48H42N4O. The summed E-state index contributed by atoms with van der Waals surface area (Å²) in [4.78, 5) is 21.0. The van der Waals surface area contributed by atoms with Crippen LogP contribution < -0.4 is 0 Å². The number of hydrogen-bond acceptors (Lipinski definition) is 5. The maximum absolute atomic E-state index is 12.0. The molecule has 8 aromatic rings. The van der Waals surface area contributed by atoms with Crippen molar-refractivity contribution in [3.05, 3.63) is 151 Å². The van der Waals surface area contributed by atoms with Crippen LogP contribution in [0.1, 0.15) is 50.7 Å². The van der Waals surface area contributed by atoms with Crippen molar-refractivity contribution in [2.75, 3.05) is 0 Å². The normalized spacial score (nSPS) is 11.4. The second-order valence-electron chi connectivity index (χ2n) is 13.8. The Balaban J connectivity index is 1.57. The first kappa shape index (κ1) is 33.9. The molecular weight excluding hydrogens is 649 g/mol. The van der Waals surface area contributed by atoms with E-state index in [4.69, 9.17) is 19.9 Å². The van der Waals surface area contributed by atoms with Crippen molar-refractivity contribution in [1.29, 1.82) is 0 Å². The fraction of sp³-hybridized carbons (Fsp3) is 0.167. The van der Waals surface area contributed by atoms with Crippen LogP contribution in [-0.4, -0.2) is 25.0 Å². The molecule has 3 heterocycles. The molecule has 0 fully saturated rings. The topological polar surface area (TPSA) is 71.8 Å². The van der Waals surface area contributed by atoms with E-state index in [1.165, 1.54) is 5.56 Å². The van der Waals surface area contributed by atoms with Gasteiger partial charge < -0.3 is 5.11 Å². The molecule has 5 aromatic carbocycles. The molecule has 0 saturated heterocycles. The van der Waals surface area contributed by atoms with Gasteiger partial charge in [-0.1, -0.05) is 118 Å². The Morgan fingerprint density at radius 2 is 1.02 bits per heavy atom. The predicted molar refractivity (Wildman–Crippen MR) is 221 cm³/mol. The number of hydrogen-bond donors (Lipinski definition) is 1. The molecule has 260 valence electrons. The molecule has 0 saturated carbocycles. The lowest BCUT2D eigenvalue weighted by molar-refractivity contribution is 0.487. The average Bonchev–Trinajstić information content (AvgIpc) is 3.21. The molecule has 8 rings (SSSR count).